The summed E-state index contributed by atoms with van der Waals surface area (Å²) in [6.45, 7) is 0.672. The van der Waals surface area contributed by atoms with Crippen LogP contribution < -0.4 is 4.90 Å². The molecule has 0 aliphatic heterocycles. The highest BCUT2D eigenvalue weighted by atomic mass is 32.2. The Bertz CT molecular complexity index is 1040. The van der Waals surface area contributed by atoms with E-state index in [-0.39, 0.29) is 34.5 Å². The molecule has 1 unspecified atom stereocenters. The molecule has 0 heterocycles. The standard InChI is InChI=1S/C22H24F3NO4S/c1-21(28,22(23,24)25)17-7-9-18(10-8-17)26(2)20(27)13-15-5-11-19(12-6-15)31(29,30)14-16-3-4-16/h5-12,16,28H,3-4,13-14H2,1-2H3. The monoisotopic (exact) mass is 455 g/mol. The zero-order valence-electron chi connectivity index (χ0n) is 17.2. The van der Waals surface area contributed by atoms with Crippen molar-refractivity contribution in [2.45, 2.75) is 42.9 Å². The van der Waals surface area contributed by atoms with E-state index < -0.39 is 21.6 Å². The van der Waals surface area contributed by atoms with Crippen LogP contribution in [0, 0.1) is 5.92 Å². The SMILES string of the molecule is CN(C(=O)Cc1ccc(S(=O)(=O)CC2CC2)cc1)c1ccc(C(C)(O)C(F)(F)F)cc1. The Morgan fingerprint density at radius 2 is 1.61 bits per heavy atom. The Kier molecular flexibility index (Phi) is 6.21. The van der Waals surface area contributed by atoms with Crippen LogP contribution in [-0.2, 0) is 26.7 Å². The first-order chi connectivity index (χ1) is 14.3. The minimum absolute atomic E-state index is 0.00146. The van der Waals surface area contributed by atoms with E-state index in [0.717, 1.165) is 25.0 Å². The van der Waals surface area contributed by atoms with Crippen LogP contribution in [0.2, 0.25) is 0 Å². The first kappa shape index (κ1) is 23.3. The molecule has 1 atom stereocenters. The average Bonchev–Trinajstić information content (AvgIpc) is 3.50. The molecular weight excluding hydrogens is 431 g/mol. The Hall–Kier alpha value is -2.39. The van der Waals surface area contributed by atoms with Gasteiger partial charge in [-0.15, -0.1) is 0 Å². The molecule has 2 aromatic rings. The molecule has 0 spiro atoms. The molecule has 5 nitrogen and oxygen atoms in total. The van der Waals surface area contributed by atoms with Crippen molar-refractivity contribution < 1.29 is 31.5 Å². The third kappa shape index (κ3) is 5.27. The van der Waals surface area contributed by atoms with Crippen LogP contribution in [0.5, 0.6) is 0 Å². The number of halogens is 3. The largest absolute Gasteiger partial charge is 0.421 e. The number of benzene rings is 2. The van der Waals surface area contributed by atoms with E-state index in [2.05, 4.69) is 0 Å². The van der Waals surface area contributed by atoms with Gasteiger partial charge in [0.05, 0.1) is 17.1 Å². The second-order valence-electron chi connectivity index (χ2n) is 8.12. The molecule has 0 radical (unpaired) electrons. The minimum atomic E-state index is -4.82. The summed E-state index contributed by atoms with van der Waals surface area (Å²) in [5, 5.41) is 9.74. The van der Waals surface area contributed by atoms with Crippen molar-refractivity contribution in [1.29, 1.82) is 0 Å². The van der Waals surface area contributed by atoms with Crippen LogP contribution in [0.15, 0.2) is 53.4 Å². The van der Waals surface area contributed by atoms with Crippen molar-refractivity contribution in [2.24, 2.45) is 5.92 Å². The first-order valence-electron chi connectivity index (χ1n) is 9.79. The Labute approximate surface area is 179 Å². The number of anilines is 1. The van der Waals surface area contributed by atoms with Gasteiger partial charge in [0.25, 0.3) is 0 Å². The fraction of sp³-hybridized carbons (Fsp3) is 0.409. The number of sulfone groups is 1. The Morgan fingerprint density at radius 1 is 1.06 bits per heavy atom. The van der Waals surface area contributed by atoms with Crippen LogP contribution in [0.25, 0.3) is 0 Å². The topological polar surface area (TPSA) is 74.7 Å². The van der Waals surface area contributed by atoms with Gasteiger partial charge in [-0.3, -0.25) is 4.79 Å². The summed E-state index contributed by atoms with van der Waals surface area (Å²) in [4.78, 5) is 14.1. The van der Waals surface area contributed by atoms with Crippen LogP contribution in [0.1, 0.15) is 30.9 Å². The van der Waals surface area contributed by atoms with Crippen molar-refractivity contribution in [1.82, 2.24) is 0 Å². The van der Waals surface area contributed by atoms with Gasteiger partial charge in [0.1, 0.15) is 0 Å². The molecule has 168 valence electrons. The molecule has 1 amide bonds. The lowest BCUT2D eigenvalue weighted by molar-refractivity contribution is -0.258. The molecule has 1 aliphatic rings. The number of hydrogen-bond acceptors (Lipinski definition) is 4. The van der Waals surface area contributed by atoms with Crippen LogP contribution >= 0.6 is 0 Å². The molecule has 1 saturated carbocycles. The molecule has 1 N–H and O–H groups in total. The zero-order chi connectivity index (χ0) is 23.0. The highest BCUT2D eigenvalue weighted by Gasteiger charge is 2.51. The van der Waals surface area contributed by atoms with Gasteiger partial charge in [-0.25, -0.2) is 8.42 Å². The molecule has 1 fully saturated rings. The van der Waals surface area contributed by atoms with Crippen LogP contribution in [0.3, 0.4) is 0 Å². The number of alkyl halides is 3. The van der Waals surface area contributed by atoms with Crippen LogP contribution in [0.4, 0.5) is 18.9 Å². The van der Waals surface area contributed by atoms with Crippen molar-refractivity contribution in [3.05, 3.63) is 59.7 Å². The fourth-order valence-electron chi connectivity index (χ4n) is 3.12. The lowest BCUT2D eigenvalue weighted by Crippen LogP contribution is -2.39. The van der Waals surface area contributed by atoms with E-state index >= 15 is 0 Å². The van der Waals surface area contributed by atoms with Gasteiger partial charge in [0.2, 0.25) is 5.91 Å². The molecule has 3 rings (SSSR count). The van der Waals surface area contributed by atoms with E-state index in [0.29, 0.717) is 18.2 Å². The summed E-state index contributed by atoms with van der Waals surface area (Å²) >= 11 is 0. The van der Waals surface area contributed by atoms with Crippen molar-refractivity contribution >= 4 is 21.4 Å². The van der Waals surface area contributed by atoms with Gasteiger partial charge in [0.15, 0.2) is 15.4 Å². The van der Waals surface area contributed by atoms with Crippen molar-refractivity contribution in [3.8, 4) is 0 Å². The van der Waals surface area contributed by atoms with Gasteiger partial charge in [-0.1, -0.05) is 24.3 Å². The molecular formula is C22H24F3NO4S. The molecule has 0 saturated heterocycles. The van der Waals surface area contributed by atoms with Crippen molar-refractivity contribution in [3.63, 3.8) is 0 Å². The van der Waals surface area contributed by atoms with Gasteiger partial charge in [-0.2, -0.15) is 13.2 Å². The maximum absolute atomic E-state index is 13.0. The molecule has 0 bridgehead atoms. The van der Waals surface area contributed by atoms with E-state index in [1.807, 2.05) is 0 Å². The van der Waals surface area contributed by atoms with Gasteiger partial charge < -0.3 is 10.0 Å². The van der Waals surface area contributed by atoms with E-state index in [1.54, 1.807) is 12.1 Å². The predicted octanol–water partition coefficient (Wildman–Crippen LogP) is 3.85. The minimum Gasteiger partial charge on any atom is -0.376 e. The second-order valence-corrected chi connectivity index (χ2v) is 10.1. The van der Waals surface area contributed by atoms with Gasteiger partial charge in [-0.05, 0) is 61.1 Å². The smallest absolute Gasteiger partial charge is 0.376 e. The third-order valence-electron chi connectivity index (χ3n) is 5.53. The lowest BCUT2D eigenvalue weighted by Gasteiger charge is -2.27. The number of likely N-dealkylation sites (N-methyl/N-ethyl adjacent to an activating group) is 1. The quantitative estimate of drug-likeness (QED) is 0.688. The third-order valence-corrected chi connectivity index (χ3v) is 7.43. The first-order valence-corrected chi connectivity index (χ1v) is 11.4. The molecule has 31 heavy (non-hydrogen) atoms. The number of hydrogen-bond donors (Lipinski definition) is 1. The van der Waals surface area contributed by atoms with Gasteiger partial charge in [0, 0.05) is 12.7 Å². The number of rotatable bonds is 7. The number of aliphatic hydroxyl groups is 1. The predicted molar refractivity (Wildman–Crippen MR) is 110 cm³/mol. The lowest BCUT2D eigenvalue weighted by atomic mass is 9.95. The summed E-state index contributed by atoms with van der Waals surface area (Å²) < 4.78 is 63.5. The van der Waals surface area contributed by atoms with Crippen LogP contribution in [-0.4, -0.2) is 38.4 Å². The molecule has 2 aromatic carbocycles. The van der Waals surface area contributed by atoms with E-state index in [9.17, 15) is 31.5 Å². The summed E-state index contributed by atoms with van der Waals surface area (Å²) in [6, 6.07) is 11.1. The van der Waals surface area contributed by atoms with E-state index in [1.165, 1.54) is 36.2 Å². The summed E-state index contributed by atoms with van der Waals surface area (Å²) in [5.74, 6) is 0.0700. The zero-order valence-corrected chi connectivity index (χ0v) is 18.0. The average molecular weight is 455 g/mol. The number of amides is 1. The molecule has 9 heteroatoms. The fourth-order valence-corrected chi connectivity index (χ4v) is 4.81. The Balaban J connectivity index is 1.66. The normalized spacial score (nSPS) is 16.6. The maximum Gasteiger partial charge on any atom is 0.421 e. The Morgan fingerprint density at radius 3 is 2.10 bits per heavy atom. The maximum atomic E-state index is 13.0. The summed E-state index contributed by atoms with van der Waals surface area (Å²) in [6.07, 6.45) is -2.95. The highest BCUT2D eigenvalue weighted by Crippen LogP contribution is 2.38. The van der Waals surface area contributed by atoms with Crippen molar-refractivity contribution in [2.75, 3.05) is 17.7 Å². The number of carbonyl (C=O) groups is 1. The second kappa shape index (κ2) is 8.27. The molecule has 0 aromatic heterocycles. The molecule has 1 aliphatic carbocycles. The van der Waals surface area contributed by atoms with E-state index in [4.69, 9.17) is 0 Å². The summed E-state index contributed by atoms with van der Waals surface area (Å²) in [5.41, 5.74) is -2.32. The summed E-state index contributed by atoms with van der Waals surface area (Å²) in [7, 11) is -1.83. The number of nitrogens with zero attached hydrogens (tertiary/aromatic N) is 1. The highest BCUT2D eigenvalue weighted by molar-refractivity contribution is 7.91. The van der Waals surface area contributed by atoms with Gasteiger partial charge >= 0.3 is 6.18 Å². The number of carbonyl (C=O) groups excluding carboxylic acids is 1.